The fraction of sp³-hybridized carbons (Fsp3) is 0.611. The van der Waals surface area contributed by atoms with Crippen LogP contribution in [0.15, 0.2) is 30.3 Å². The predicted molar refractivity (Wildman–Crippen MR) is 88.8 cm³/mol. The van der Waals surface area contributed by atoms with Gasteiger partial charge in [0, 0.05) is 12.1 Å². The Kier molecular flexibility index (Phi) is 6.72. The van der Waals surface area contributed by atoms with E-state index in [0.29, 0.717) is 0 Å². The molecule has 1 unspecified atom stereocenters. The summed E-state index contributed by atoms with van der Waals surface area (Å²) >= 11 is 0. The van der Waals surface area contributed by atoms with Crippen molar-refractivity contribution in [2.75, 3.05) is 0 Å². The van der Waals surface area contributed by atoms with E-state index < -0.39 is 0 Å². The van der Waals surface area contributed by atoms with Crippen molar-refractivity contribution in [3.63, 3.8) is 0 Å². The fourth-order valence-electron chi connectivity index (χ4n) is 3.10. The van der Waals surface area contributed by atoms with Crippen molar-refractivity contribution >= 4 is 6.03 Å². The van der Waals surface area contributed by atoms with E-state index in [1.165, 1.54) is 5.56 Å². The molecule has 1 aliphatic rings. The number of nitrogens with one attached hydrogen (secondary N) is 2. The Bertz CT molecular complexity index is 442. The highest BCUT2D eigenvalue weighted by atomic mass is 16.3. The van der Waals surface area contributed by atoms with Crippen molar-refractivity contribution in [1.29, 1.82) is 0 Å². The summed E-state index contributed by atoms with van der Waals surface area (Å²) in [6.07, 6.45) is 6.01. The Hall–Kier alpha value is -1.55. The molecule has 0 bridgehead atoms. The van der Waals surface area contributed by atoms with Crippen molar-refractivity contribution in [2.24, 2.45) is 0 Å². The third-order valence-electron chi connectivity index (χ3n) is 4.33. The van der Waals surface area contributed by atoms with Crippen molar-refractivity contribution < 1.29 is 9.90 Å². The summed E-state index contributed by atoms with van der Waals surface area (Å²) in [5.74, 6) is 0. The molecule has 0 spiro atoms. The first-order chi connectivity index (χ1) is 10.7. The first-order valence-electron chi connectivity index (χ1n) is 8.46. The van der Waals surface area contributed by atoms with E-state index in [4.69, 9.17) is 0 Å². The Morgan fingerprint density at radius 2 is 1.91 bits per heavy atom. The molecule has 3 N–H and O–H groups in total. The molecule has 4 heteroatoms. The van der Waals surface area contributed by atoms with E-state index in [1.54, 1.807) is 0 Å². The van der Waals surface area contributed by atoms with E-state index in [0.717, 1.165) is 44.9 Å². The number of aliphatic hydroxyl groups is 1. The summed E-state index contributed by atoms with van der Waals surface area (Å²) in [5.41, 5.74) is 1.25. The third kappa shape index (κ3) is 5.68. The minimum absolute atomic E-state index is 0.0734. The molecule has 1 aromatic rings. The zero-order valence-electron chi connectivity index (χ0n) is 13.4. The second-order valence-corrected chi connectivity index (χ2v) is 6.30. The molecule has 0 heterocycles. The number of carbonyl (C=O) groups excluding carboxylic acids is 1. The number of hydrogen-bond acceptors (Lipinski definition) is 2. The molecule has 1 aromatic carbocycles. The Morgan fingerprint density at radius 3 is 2.55 bits per heavy atom. The molecule has 0 aromatic heterocycles. The van der Waals surface area contributed by atoms with Crippen LogP contribution in [-0.2, 0) is 6.42 Å². The Balaban J connectivity index is 1.80. The fourth-order valence-corrected chi connectivity index (χ4v) is 3.10. The minimum atomic E-state index is -0.188. The van der Waals surface area contributed by atoms with Gasteiger partial charge in [-0.05, 0) is 44.1 Å². The average Bonchev–Trinajstić information content (AvgIpc) is 2.51. The van der Waals surface area contributed by atoms with Crippen LogP contribution in [0.25, 0.3) is 0 Å². The number of carbonyl (C=O) groups is 1. The average molecular weight is 304 g/mol. The largest absolute Gasteiger partial charge is 0.393 e. The second kappa shape index (κ2) is 8.79. The SMILES string of the molecule is CCCC(Cc1ccccc1)NC(=O)NC1CCC(O)CC1. The quantitative estimate of drug-likeness (QED) is 0.756. The molecular formula is C18H28N2O2. The highest BCUT2D eigenvalue weighted by Crippen LogP contribution is 2.18. The van der Waals surface area contributed by atoms with E-state index in [1.807, 2.05) is 18.2 Å². The van der Waals surface area contributed by atoms with Gasteiger partial charge in [-0.15, -0.1) is 0 Å². The first-order valence-corrected chi connectivity index (χ1v) is 8.46. The van der Waals surface area contributed by atoms with Crippen LogP contribution in [0.3, 0.4) is 0 Å². The molecule has 0 aliphatic heterocycles. The van der Waals surface area contributed by atoms with Crippen LogP contribution in [0.1, 0.15) is 51.0 Å². The first kappa shape index (κ1) is 16.8. The highest BCUT2D eigenvalue weighted by molar-refractivity contribution is 5.74. The van der Waals surface area contributed by atoms with E-state index >= 15 is 0 Å². The topological polar surface area (TPSA) is 61.4 Å². The molecule has 1 fully saturated rings. The van der Waals surface area contributed by atoms with E-state index in [9.17, 15) is 9.90 Å². The lowest BCUT2D eigenvalue weighted by Crippen LogP contribution is -2.48. The molecule has 4 nitrogen and oxygen atoms in total. The minimum Gasteiger partial charge on any atom is -0.393 e. The van der Waals surface area contributed by atoms with Gasteiger partial charge in [0.1, 0.15) is 0 Å². The Morgan fingerprint density at radius 1 is 1.23 bits per heavy atom. The van der Waals surface area contributed by atoms with Crippen LogP contribution in [0.4, 0.5) is 4.79 Å². The lowest BCUT2D eigenvalue weighted by atomic mass is 9.93. The van der Waals surface area contributed by atoms with Crippen molar-refractivity contribution in [3.05, 3.63) is 35.9 Å². The summed E-state index contributed by atoms with van der Waals surface area (Å²) in [5, 5.41) is 15.7. The van der Waals surface area contributed by atoms with Gasteiger partial charge in [0.05, 0.1) is 6.10 Å². The number of hydrogen-bond donors (Lipinski definition) is 3. The number of urea groups is 1. The van der Waals surface area contributed by atoms with Gasteiger partial charge >= 0.3 is 6.03 Å². The van der Waals surface area contributed by atoms with Gasteiger partial charge in [0.25, 0.3) is 0 Å². The van der Waals surface area contributed by atoms with Gasteiger partial charge in [-0.1, -0.05) is 43.7 Å². The number of amides is 2. The molecule has 2 rings (SSSR count). The van der Waals surface area contributed by atoms with Gasteiger partial charge in [-0.2, -0.15) is 0 Å². The Labute approximate surface area is 133 Å². The van der Waals surface area contributed by atoms with Gasteiger partial charge in [0.2, 0.25) is 0 Å². The van der Waals surface area contributed by atoms with Gasteiger partial charge in [-0.25, -0.2) is 4.79 Å². The maximum atomic E-state index is 12.2. The summed E-state index contributed by atoms with van der Waals surface area (Å²) in [6.45, 7) is 2.14. The van der Waals surface area contributed by atoms with Crippen LogP contribution in [-0.4, -0.2) is 29.3 Å². The zero-order chi connectivity index (χ0) is 15.8. The monoisotopic (exact) mass is 304 g/mol. The molecule has 122 valence electrons. The number of rotatable bonds is 6. The molecule has 1 aliphatic carbocycles. The normalized spacial score (nSPS) is 22.8. The molecule has 22 heavy (non-hydrogen) atoms. The summed E-state index contributed by atoms with van der Waals surface area (Å²) in [7, 11) is 0. The highest BCUT2D eigenvalue weighted by Gasteiger charge is 2.21. The van der Waals surface area contributed by atoms with Crippen molar-refractivity contribution in [1.82, 2.24) is 10.6 Å². The van der Waals surface area contributed by atoms with Gasteiger partial charge in [-0.3, -0.25) is 0 Å². The summed E-state index contributed by atoms with van der Waals surface area (Å²) in [4.78, 5) is 12.2. The molecule has 0 radical (unpaired) electrons. The molecule has 0 saturated heterocycles. The summed E-state index contributed by atoms with van der Waals surface area (Å²) in [6, 6.07) is 10.6. The smallest absolute Gasteiger partial charge is 0.315 e. The zero-order valence-corrected chi connectivity index (χ0v) is 13.4. The van der Waals surface area contributed by atoms with Crippen molar-refractivity contribution in [3.8, 4) is 0 Å². The molecular weight excluding hydrogens is 276 g/mol. The molecule has 1 atom stereocenters. The van der Waals surface area contributed by atoms with Crippen LogP contribution in [0.2, 0.25) is 0 Å². The lowest BCUT2D eigenvalue weighted by Gasteiger charge is -2.27. The van der Waals surface area contributed by atoms with Crippen LogP contribution >= 0.6 is 0 Å². The third-order valence-corrected chi connectivity index (χ3v) is 4.33. The maximum Gasteiger partial charge on any atom is 0.315 e. The van der Waals surface area contributed by atoms with E-state index in [-0.39, 0.29) is 24.2 Å². The van der Waals surface area contributed by atoms with Gasteiger partial charge in [0.15, 0.2) is 0 Å². The maximum absolute atomic E-state index is 12.2. The molecule has 1 saturated carbocycles. The van der Waals surface area contributed by atoms with E-state index in [2.05, 4.69) is 29.7 Å². The van der Waals surface area contributed by atoms with Crippen LogP contribution < -0.4 is 10.6 Å². The van der Waals surface area contributed by atoms with Crippen molar-refractivity contribution in [2.45, 2.75) is 70.1 Å². The van der Waals surface area contributed by atoms with Gasteiger partial charge < -0.3 is 15.7 Å². The number of aliphatic hydroxyl groups excluding tert-OH is 1. The van der Waals surface area contributed by atoms with Crippen LogP contribution in [0.5, 0.6) is 0 Å². The second-order valence-electron chi connectivity index (χ2n) is 6.30. The standard InChI is InChI=1S/C18H28N2O2/c1-2-6-16(13-14-7-4-3-5-8-14)20-18(22)19-15-9-11-17(21)12-10-15/h3-5,7-8,15-17,21H,2,6,9-13H2,1H3,(H2,19,20,22). The van der Waals surface area contributed by atoms with Crippen LogP contribution in [0, 0.1) is 0 Å². The summed E-state index contributed by atoms with van der Waals surface area (Å²) < 4.78 is 0. The predicted octanol–water partition coefficient (Wildman–Crippen LogP) is 3.00. The molecule has 2 amide bonds. The lowest BCUT2D eigenvalue weighted by molar-refractivity contribution is 0.117. The number of benzene rings is 1.